The summed E-state index contributed by atoms with van der Waals surface area (Å²) in [4.78, 5) is 16.3. The number of thiazole rings is 1. The number of hydrogen-bond donors (Lipinski definition) is 2. The summed E-state index contributed by atoms with van der Waals surface area (Å²) in [5.74, 6) is -0.285. The summed E-state index contributed by atoms with van der Waals surface area (Å²) in [5, 5.41) is 12.5. The molecule has 2 aromatic rings. The zero-order chi connectivity index (χ0) is 17.0. The molecule has 0 aliphatic rings. The molecule has 0 atom stereocenters. The van der Waals surface area contributed by atoms with Crippen LogP contribution in [0, 0.1) is 0 Å². The van der Waals surface area contributed by atoms with E-state index in [1.54, 1.807) is 6.20 Å². The van der Waals surface area contributed by atoms with Gasteiger partial charge in [0.1, 0.15) is 0 Å². The molecule has 7 nitrogen and oxygen atoms in total. The summed E-state index contributed by atoms with van der Waals surface area (Å²) in [6, 6.07) is 1.38. The Morgan fingerprint density at radius 2 is 2.00 bits per heavy atom. The average Bonchev–Trinajstić information content (AvgIpc) is 2.96. The molecule has 1 aromatic heterocycles. The van der Waals surface area contributed by atoms with Crippen molar-refractivity contribution in [2.24, 2.45) is 0 Å². The van der Waals surface area contributed by atoms with Crippen LogP contribution in [-0.4, -0.2) is 37.4 Å². The molecule has 0 bridgehead atoms. The van der Waals surface area contributed by atoms with Gasteiger partial charge in [0, 0.05) is 17.1 Å². The van der Waals surface area contributed by atoms with Crippen molar-refractivity contribution in [2.45, 2.75) is 6.54 Å². The summed E-state index contributed by atoms with van der Waals surface area (Å²) in [6.07, 6.45) is 1.62. The molecular formula is C14H15ClN2O5S. The van der Waals surface area contributed by atoms with E-state index in [-0.39, 0.29) is 17.1 Å². The number of carboxylic acid groups (broad SMARTS) is 1. The second-order valence-corrected chi connectivity index (χ2v) is 6.00. The molecule has 0 saturated carbocycles. The first-order valence-electron chi connectivity index (χ1n) is 6.42. The van der Waals surface area contributed by atoms with Crippen LogP contribution in [0.4, 0.5) is 5.69 Å². The van der Waals surface area contributed by atoms with E-state index < -0.39 is 5.97 Å². The number of aromatic carboxylic acids is 1. The summed E-state index contributed by atoms with van der Waals surface area (Å²) in [5.41, 5.74) is 0.303. The summed E-state index contributed by atoms with van der Waals surface area (Å²) in [6.45, 7) is 0.344. The Kier molecular flexibility index (Phi) is 5.51. The lowest BCUT2D eigenvalue weighted by Gasteiger charge is -2.18. The van der Waals surface area contributed by atoms with Gasteiger partial charge in [-0.2, -0.15) is 0 Å². The van der Waals surface area contributed by atoms with Crippen LogP contribution >= 0.6 is 22.9 Å². The highest BCUT2D eigenvalue weighted by molar-refractivity contribution is 7.15. The van der Waals surface area contributed by atoms with Crippen LogP contribution in [-0.2, 0) is 6.54 Å². The van der Waals surface area contributed by atoms with Crippen LogP contribution < -0.4 is 19.5 Å². The van der Waals surface area contributed by atoms with Crippen LogP contribution in [0.5, 0.6) is 17.2 Å². The average molecular weight is 359 g/mol. The Hall–Kier alpha value is -2.19. The molecule has 0 aliphatic carbocycles. The third-order valence-electron chi connectivity index (χ3n) is 3.03. The monoisotopic (exact) mass is 358 g/mol. The number of halogens is 1. The Labute approximate surface area is 141 Å². The third-order valence-corrected chi connectivity index (χ3v) is 4.14. The molecule has 0 unspecified atom stereocenters. The van der Waals surface area contributed by atoms with Crippen molar-refractivity contribution in [3.63, 3.8) is 0 Å². The fourth-order valence-electron chi connectivity index (χ4n) is 2.04. The highest BCUT2D eigenvalue weighted by atomic mass is 35.5. The molecule has 1 heterocycles. The van der Waals surface area contributed by atoms with Gasteiger partial charge in [-0.3, -0.25) is 0 Å². The predicted octanol–water partition coefficient (Wildman–Crippen LogP) is 3.13. The van der Waals surface area contributed by atoms with Gasteiger partial charge in [0.15, 0.2) is 16.0 Å². The van der Waals surface area contributed by atoms with E-state index >= 15 is 0 Å². The molecule has 0 spiro atoms. The smallest absolute Gasteiger partial charge is 0.338 e. The van der Waals surface area contributed by atoms with Crippen molar-refractivity contribution in [1.82, 2.24) is 4.98 Å². The van der Waals surface area contributed by atoms with Gasteiger partial charge in [-0.15, -0.1) is 11.3 Å². The van der Waals surface area contributed by atoms with E-state index in [0.717, 1.165) is 4.88 Å². The van der Waals surface area contributed by atoms with Gasteiger partial charge < -0.3 is 24.6 Å². The Morgan fingerprint density at radius 3 is 2.48 bits per heavy atom. The van der Waals surface area contributed by atoms with Gasteiger partial charge in [0.05, 0.1) is 39.1 Å². The van der Waals surface area contributed by atoms with E-state index in [4.69, 9.17) is 25.8 Å². The first kappa shape index (κ1) is 17.2. The normalized spacial score (nSPS) is 10.3. The fraction of sp³-hybridized carbons (Fsp3) is 0.286. The zero-order valence-corrected chi connectivity index (χ0v) is 14.2. The molecule has 9 heteroatoms. The number of nitrogens with zero attached hydrogens (tertiary/aromatic N) is 1. The van der Waals surface area contributed by atoms with Gasteiger partial charge in [0.2, 0.25) is 5.75 Å². The Bertz CT molecular complexity index is 719. The molecule has 124 valence electrons. The lowest BCUT2D eigenvalue weighted by molar-refractivity contribution is 0.0697. The summed E-state index contributed by atoms with van der Waals surface area (Å²) in [7, 11) is 4.31. The fourth-order valence-corrected chi connectivity index (χ4v) is 2.96. The molecule has 0 fully saturated rings. The molecule has 0 radical (unpaired) electrons. The predicted molar refractivity (Wildman–Crippen MR) is 87.5 cm³/mol. The van der Waals surface area contributed by atoms with E-state index in [0.29, 0.717) is 22.4 Å². The number of benzene rings is 1. The molecular weight excluding hydrogens is 344 g/mol. The number of methoxy groups -OCH3 is 3. The van der Waals surface area contributed by atoms with Gasteiger partial charge in [-0.1, -0.05) is 11.6 Å². The van der Waals surface area contributed by atoms with Gasteiger partial charge in [-0.05, 0) is 0 Å². The molecule has 0 saturated heterocycles. The van der Waals surface area contributed by atoms with Crippen molar-refractivity contribution in [3.05, 3.63) is 27.2 Å². The van der Waals surface area contributed by atoms with Crippen molar-refractivity contribution in [2.75, 3.05) is 26.6 Å². The van der Waals surface area contributed by atoms with E-state index in [1.165, 1.54) is 38.7 Å². The minimum absolute atomic E-state index is 0.00936. The van der Waals surface area contributed by atoms with E-state index in [2.05, 4.69) is 10.3 Å². The number of nitrogens with one attached hydrogen (secondary N) is 1. The zero-order valence-electron chi connectivity index (χ0n) is 12.7. The topological polar surface area (TPSA) is 89.9 Å². The van der Waals surface area contributed by atoms with Crippen molar-refractivity contribution in [1.29, 1.82) is 0 Å². The van der Waals surface area contributed by atoms with Crippen molar-refractivity contribution >= 4 is 34.6 Å². The number of carboxylic acids is 1. The molecule has 23 heavy (non-hydrogen) atoms. The number of aromatic nitrogens is 1. The van der Waals surface area contributed by atoms with E-state index in [9.17, 15) is 9.90 Å². The molecule has 2 rings (SSSR count). The largest absolute Gasteiger partial charge is 0.493 e. The van der Waals surface area contributed by atoms with Gasteiger partial charge in [-0.25, -0.2) is 9.78 Å². The molecule has 0 aliphatic heterocycles. The minimum Gasteiger partial charge on any atom is -0.493 e. The van der Waals surface area contributed by atoms with Crippen molar-refractivity contribution < 1.29 is 24.1 Å². The Morgan fingerprint density at radius 1 is 1.30 bits per heavy atom. The van der Waals surface area contributed by atoms with Gasteiger partial charge >= 0.3 is 5.97 Å². The van der Waals surface area contributed by atoms with Gasteiger partial charge in [0.25, 0.3) is 0 Å². The van der Waals surface area contributed by atoms with Crippen LogP contribution in [0.15, 0.2) is 12.3 Å². The quantitative estimate of drug-likeness (QED) is 0.785. The SMILES string of the molecule is COc1cc(C(=O)O)c(NCc2cnc(Cl)s2)c(OC)c1OC. The summed E-state index contributed by atoms with van der Waals surface area (Å²) >= 11 is 7.09. The molecule has 1 aromatic carbocycles. The van der Waals surface area contributed by atoms with E-state index in [1.807, 2.05) is 0 Å². The maximum absolute atomic E-state index is 11.6. The number of ether oxygens (including phenoxy) is 3. The van der Waals surface area contributed by atoms with Crippen LogP contribution in [0.25, 0.3) is 0 Å². The summed E-state index contributed by atoms with van der Waals surface area (Å²) < 4.78 is 16.2. The first-order chi connectivity index (χ1) is 11.0. The number of hydrogen-bond acceptors (Lipinski definition) is 7. The number of carbonyl (C=O) groups is 1. The number of rotatable bonds is 7. The van der Waals surface area contributed by atoms with Crippen LogP contribution in [0.3, 0.4) is 0 Å². The Balaban J connectivity index is 2.47. The van der Waals surface area contributed by atoms with Crippen LogP contribution in [0.2, 0.25) is 4.47 Å². The molecule has 2 N–H and O–H groups in total. The standard InChI is InChI=1S/C14H15ClN2O5S/c1-20-9-4-8(13(18)19)10(12(22-3)11(9)21-2)16-5-7-6-17-14(15)23-7/h4,6,16H,5H2,1-3H3,(H,18,19). The first-order valence-corrected chi connectivity index (χ1v) is 7.61. The highest BCUT2D eigenvalue weighted by Gasteiger charge is 2.24. The van der Waals surface area contributed by atoms with Crippen molar-refractivity contribution in [3.8, 4) is 17.2 Å². The maximum atomic E-state index is 11.6. The highest BCUT2D eigenvalue weighted by Crippen LogP contribution is 2.45. The third kappa shape index (κ3) is 3.59. The second kappa shape index (κ2) is 7.38. The molecule has 0 amide bonds. The van der Waals surface area contributed by atoms with Crippen LogP contribution in [0.1, 0.15) is 15.2 Å². The second-order valence-electron chi connectivity index (χ2n) is 4.31. The maximum Gasteiger partial charge on any atom is 0.338 e. The lowest BCUT2D eigenvalue weighted by Crippen LogP contribution is -2.09. The number of anilines is 1. The minimum atomic E-state index is -1.12. The lowest BCUT2D eigenvalue weighted by atomic mass is 10.1.